The van der Waals surface area contributed by atoms with Crippen molar-refractivity contribution in [3.8, 4) is 0 Å². The summed E-state index contributed by atoms with van der Waals surface area (Å²) in [5.41, 5.74) is -0.819. The third-order valence-electron chi connectivity index (χ3n) is 8.74. The van der Waals surface area contributed by atoms with Crippen LogP contribution in [0.4, 0.5) is 0 Å². The van der Waals surface area contributed by atoms with E-state index in [4.69, 9.17) is 18.6 Å². The van der Waals surface area contributed by atoms with E-state index >= 15 is 0 Å². The summed E-state index contributed by atoms with van der Waals surface area (Å²) in [5.74, 6) is 0.228. The van der Waals surface area contributed by atoms with Crippen LogP contribution in [-0.2, 0) is 23.4 Å². The molecule has 2 bridgehead atoms. The lowest BCUT2D eigenvalue weighted by molar-refractivity contribution is -0.243. The molecule has 2 aliphatic heterocycles. The zero-order valence-electron chi connectivity index (χ0n) is 24.8. The first-order valence-electron chi connectivity index (χ1n) is 14.8. The van der Waals surface area contributed by atoms with Crippen LogP contribution >= 0.6 is 0 Å². The molecule has 2 saturated heterocycles. The standard InChI is InChI=1S/C33H48O5Si/c1-7-35-30(34)23-33-22-20-29(38-33)32(6,36-25-33)21-14-15-26(2)24-37-39(31(3,4)5,27-16-10-8-11-17-27)28-18-12-9-13-19-28/h8-13,16-19,26,29H,7,14-15,20-25H2,1-6H3/t26?,29-,32+,33-/m1/s1. The third kappa shape index (κ3) is 6.51. The predicted octanol–water partition coefficient (Wildman–Crippen LogP) is 6.03. The Morgan fingerprint density at radius 3 is 2.26 bits per heavy atom. The highest BCUT2D eigenvalue weighted by atomic mass is 28.4. The molecule has 2 aromatic rings. The molecule has 0 saturated carbocycles. The van der Waals surface area contributed by atoms with Crippen LogP contribution < -0.4 is 10.4 Å². The van der Waals surface area contributed by atoms with Crippen molar-refractivity contribution in [3.05, 3.63) is 60.7 Å². The number of hydrogen-bond acceptors (Lipinski definition) is 5. The molecule has 4 rings (SSSR count). The predicted molar refractivity (Wildman–Crippen MR) is 159 cm³/mol. The number of carbonyl (C=O) groups excluding carboxylic acids is 1. The lowest BCUT2D eigenvalue weighted by Crippen LogP contribution is -2.66. The topological polar surface area (TPSA) is 54.0 Å². The summed E-state index contributed by atoms with van der Waals surface area (Å²) in [6, 6.07) is 21.7. The van der Waals surface area contributed by atoms with Crippen LogP contribution in [0.3, 0.4) is 0 Å². The fourth-order valence-electron chi connectivity index (χ4n) is 6.54. The number of benzene rings is 2. The van der Waals surface area contributed by atoms with Gasteiger partial charge < -0.3 is 18.6 Å². The molecule has 0 N–H and O–H groups in total. The quantitative estimate of drug-likeness (QED) is 0.238. The first-order valence-corrected chi connectivity index (χ1v) is 16.7. The molecular weight excluding hydrogens is 504 g/mol. The van der Waals surface area contributed by atoms with Gasteiger partial charge in [0.1, 0.15) is 5.60 Å². The summed E-state index contributed by atoms with van der Waals surface area (Å²) in [6.45, 7) is 14.9. The molecule has 2 aromatic carbocycles. The maximum atomic E-state index is 12.1. The van der Waals surface area contributed by atoms with Gasteiger partial charge in [-0.25, -0.2) is 0 Å². The number of carbonyl (C=O) groups is 1. The van der Waals surface area contributed by atoms with E-state index in [2.05, 4.69) is 95.3 Å². The maximum absolute atomic E-state index is 12.1. The smallest absolute Gasteiger partial charge is 0.308 e. The molecule has 6 heteroatoms. The van der Waals surface area contributed by atoms with Crippen molar-refractivity contribution in [2.24, 2.45) is 5.92 Å². The Labute approximate surface area is 236 Å². The van der Waals surface area contributed by atoms with E-state index in [1.54, 1.807) is 0 Å². The van der Waals surface area contributed by atoms with Crippen LogP contribution in [0.2, 0.25) is 5.04 Å². The Hall–Kier alpha value is -1.99. The molecule has 2 fully saturated rings. The molecule has 0 aliphatic carbocycles. The zero-order chi connectivity index (χ0) is 28.2. The SMILES string of the molecule is CCOC(=O)C[C@@]12CC[C@@H](O1)[C@](C)(CCCC(C)CO[Si](c1ccccc1)(c1ccccc1)C(C)(C)C)OC2. The fourth-order valence-corrected chi connectivity index (χ4v) is 11.2. The molecule has 0 aromatic heterocycles. The van der Waals surface area contributed by atoms with Gasteiger partial charge in [0.25, 0.3) is 8.32 Å². The average molecular weight is 553 g/mol. The van der Waals surface area contributed by atoms with Crippen LogP contribution in [0.1, 0.15) is 80.1 Å². The summed E-state index contributed by atoms with van der Waals surface area (Å²) in [5, 5.41) is 2.63. The molecule has 4 atom stereocenters. The summed E-state index contributed by atoms with van der Waals surface area (Å²) in [7, 11) is -2.52. The van der Waals surface area contributed by atoms with Crippen molar-refractivity contribution in [1.82, 2.24) is 0 Å². The molecule has 39 heavy (non-hydrogen) atoms. The molecule has 1 unspecified atom stereocenters. The first kappa shape index (κ1) is 30.0. The van der Waals surface area contributed by atoms with Gasteiger partial charge in [-0.2, -0.15) is 0 Å². The second-order valence-electron chi connectivity index (χ2n) is 12.9. The van der Waals surface area contributed by atoms with Crippen molar-refractivity contribution in [2.45, 2.75) is 102 Å². The molecule has 0 radical (unpaired) electrons. The van der Waals surface area contributed by atoms with Gasteiger partial charge in [-0.3, -0.25) is 4.79 Å². The number of hydrogen-bond donors (Lipinski definition) is 0. The van der Waals surface area contributed by atoms with Crippen LogP contribution in [0.5, 0.6) is 0 Å². The van der Waals surface area contributed by atoms with Crippen LogP contribution in [0.25, 0.3) is 0 Å². The highest BCUT2D eigenvalue weighted by Crippen LogP contribution is 2.46. The number of rotatable bonds is 12. The van der Waals surface area contributed by atoms with E-state index in [0.717, 1.165) is 38.7 Å². The Morgan fingerprint density at radius 1 is 1.08 bits per heavy atom. The normalized spacial score (nSPS) is 25.8. The summed E-state index contributed by atoms with van der Waals surface area (Å²) in [4.78, 5) is 12.1. The fraction of sp³-hybridized carbons (Fsp3) is 0.606. The lowest BCUT2D eigenvalue weighted by Gasteiger charge is -2.44. The van der Waals surface area contributed by atoms with Gasteiger partial charge in [0, 0.05) is 6.61 Å². The van der Waals surface area contributed by atoms with Crippen molar-refractivity contribution in [1.29, 1.82) is 0 Å². The molecule has 214 valence electrons. The van der Waals surface area contributed by atoms with Crippen molar-refractivity contribution < 1.29 is 23.4 Å². The second-order valence-corrected chi connectivity index (χ2v) is 17.2. The van der Waals surface area contributed by atoms with Gasteiger partial charge in [-0.1, -0.05) is 94.8 Å². The minimum absolute atomic E-state index is 0.0191. The molecule has 2 aliphatic rings. The first-order chi connectivity index (χ1) is 18.5. The van der Waals surface area contributed by atoms with Crippen LogP contribution in [0, 0.1) is 5.92 Å². The maximum Gasteiger partial charge on any atom is 0.308 e. The van der Waals surface area contributed by atoms with Gasteiger partial charge in [0.05, 0.1) is 31.3 Å². The van der Waals surface area contributed by atoms with Crippen molar-refractivity contribution >= 4 is 24.7 Å². The molecular formula is C33H48O5Si. The summed E-state index contributed by atoms with van der Waals surface area (Å²) < 4.78 is 25.2. The van der Waals surface area contributed by atoms with E-state index in [1.807, 2.05) is 6.92 Å². The van der Waals surface area contributed by atoms with E-state index < -0.39 is 13.9 Å². The zero-order valence-corrected chi connectivity index (χ0v) is 25.8. The van der Waals surface area contributed by atoms with Crippen molar-refractivity contribution in [2.75, 3.05) is 19.8 Å². The number of fused-ring (bicyclic) bond motifs is 2. The van der Waals surface area contributed by atoms with Crippen LogP contribution in [-0.4, -0.2) is 51.4 Å². The van der Waals surface area contributed by atoms with Gasteiger partial charge in [-0.05, 0) is 60.9 Å². The molecule has 2 heterocycles. The molecule has 5 nitrogen and oxygen atoms in total. The monoisotopic (exact) mass is 552 g/mol. The third-order valence-corrected chi connectivity index (χ3v) is 13.7. The van der Waals surface area contributed by atoms with E-state index in [9.17, 15) is 4.79 Å². The Morgan fingerprint density at radius 2 is 1.69 bits per heavy atom. The van der Waals surface area contributed by atoms with E-state index in [0.29, 0.717) is 19.1 Å². The minimum Gasteiger partial charge on any atom is -0.466 e. The van der Waals surface area contributed by atoms with Gasteiger partial charge in [-0.15, -0.1) is 0 Å². The number of ether oxygens (including phenoxy) is 3. The van der Waals surface area contributed by atoms with Gasteiger partial charge in [0.2, 0.25) is 0 Å². The average Bonchev–Trinajstić information content (AvgIpc) is 3.28. The van der Waals surface area contributed by atoms with Crippen LogP contribution in [0.15, 0.2) is 60.7 Å². The summed E-state index contributed by atoms with van der Waals surface area (Å²) >= 11 is 0. The Balaban J connectivity index is 1.37. The van der Waals surface area contributed by atoms with Gasteiger partial charge in [0.15, 0.2) is 0 Å². The largest absolute Gasteiger partial charge is 0.466 e. The van der Waals surface area contributed by atoms with Gasteiger partial charge >= 0.3 is 5.97 Å². The highest BCUT2D eigenvalue weighted by Gasteiger charge is 2.54. The minimum atomic E-state index is -2.52. The van der Waals surface area contributed by atoms with Crippen molar-refractivity contribution in [3.63, 3.8) is 0 Å². The Kier molecular flexibility index (Phi) is 9.42. The number of esters is 1. The summed E-state index contributed by atoms with van der Waals surface area (Å²) in [6.07, 6.45) is 5.16. The van der Waals surface area contributed by atoms with E-state index in [-0.39, 0.29) is 29.1 Å². The van der Waals surface area contributed by atoms with E-state index in [1.165, 1.54) is 10.4 Å². The molecule has 0 amide bonds. The Bertz CT molecular complexity index is 1030. The lowest BCUT2D eigenvalue weighted by atomic mass is 9.89. The second kappa shape index (κ2) is 12.3. The molecule has 0 spiro atoms. The highest BCUT2D eigenvalue weighted by molar-refractivity contribution is 6.99.